The Kier molecular flexibility index (Phi) is 4.01. The van der Waals surface area contributed by atoms with Gasteiger partial charge in [-0.15, -0.1) is 0 Å². The summed E-state index contributed by atoms with van der Waals surface area (Å²) in [5.41, 5.74) is 1.11. The van der Waals surface area contributed by atoms with Crippen molar-refractivity contribution in [2.24, 2.45) is 0 Å². The molecule has 0 aliphatic rings. The fraction of sp³-hybridized carbons (Fsp3) is 0.0769. The van der Waals surface area contributed by atoms with Crippen molar-refractivity contribution in [3.8, 4) is 0 Å². The van der Waals surface area contributed by atoms with Crippen molar-refractivity contribution in [1.29, 1.82) is 0 Å². The Balaban J connectivity index is 1.92. The summed E-state index contributed by atoms with van der Waals surface area (Å²) in [6.07, 6.45) is 2.93. The fourth-order valence-electron chi connectivity index (χ4n) is 1.40. The van der Waals surface area contributed by atoms with E-state index in [2.05, 4.69) is 4.98 Å². The van der Waals surface area contributed by atoms with Crippen LogP contribution in [0.3, 0.4) is 0 Å². The Morgan fingerprint density at radius 1 is 1.22 bits per heavy atom. The lowest BCUT2D eigenvalue weighted by molar-refractivity contribution is -0.309. The van der Waals surface area contributed by atoms with Gasteiger partial charge in [-0.2, -0.15) is 0 Å². The normalized spacial score (nSPS) is 10.3. The van der Waals surface area contributed by atoms with Crippen molar-refractivity contribution in [2.75, 3.05) is 0 Å². The van der Waals surface area contributed by atoms with Crippen molar-refractivity contribution in [3.63, 3.8) is 0 Å². The van der Waals surface area contributed by atoms with Gasteiger partial charge in [0.15, 0.2) is 0 Å². The molecule has 92 valence electrons. The molecule has 0 fully saturated rings. The fourth-order valence-corrected chi connectivity index (χ4v) is 1.40. The van der Waals surface area contributed by atoms with Crippen molar-refractivity contribution in [3.05, 3.63) is 66.0 Å². The van der Waals surface area contributed by atoms with Gasteiger partial charge in [0.1, 0.15) is 0 Å². The molecule has 1 heterocycles. The number of benzene rings is 1. The molecular formula is C13H12N2O3. The summed E-state index contributed by atoms with van der Waals surface area (Å²) < 4.78 is 0. The first kappa shape index (κ1) is 12.2. The predicted octanol–water partition coefficient (Wildman–Crippen LogP) is 2.04. The highest BCUT2D eigenvalue weighted by Crippen LogP contribution is 2.05. The molecule has 18 heavy (non-hydrogen) atoms. The van der Waals surface area contributed by atoms with Gasteiger partial charge in [-0.05, 0) is 22.9 Å². The third kappa shape index (κ3) is 3.38. The van der Waals surface area contributed by atoms with Gasteiger partial charge in [-0.1, -0.05) is 30.3 Å². The minimum absolute atomic E-state index is 0.104. The molecule has 0 radical (unpaired) electrons. The van der Waals surface area contributed by atoms with Gasteiger partial charge in [0.05, 0.1) is 12.1 Å². The second kappa shape index (κ2) is 5.90. The third-order valence-corrected chi connectivity index (χ3v) is 2.25. The molecule has 0 amide bonds. The van der Waals surface area contributed by atoms with Crippen LogP contribution in [-0.4, -0.2) is 21.4 Å². The first-order chi connectivity index (χ1) is 8.75. The highest BCUT2D eigenvalue weighted by Gasteiger charge is 2.12. The molecule has 0 unspecified atom stereocenters. The topological polar surface area (TPSA) is 62.7 Å². The van der Waals surface area contributed by atoms with Gasteiger partial charge >= 0.3 is 5.97 Å². The van der Waals surface area contributed by atoms with Crippen LogP contribution in [-0.2, 0) is 11.4 Å². The molecule has 1 aromatic carbocycles. The SMILES string of the molecule is O=C(ON(O)Cc1ccccc1)c1cccnc1. The Morgan fingerprint density at radius 3 is 2.67 bits per heavy atom. The van der Waals surface area contributed by atoms with Gasteiger partial charge < -0.3 is 4.84 Å². The van der Waals surface area contributed by atoms with Gasteiger partial charge in [-0.3, -0.25) is 10.2 Å². The lowest BCUT2D eigenvalue weighted by atomic mass is 10.2. The zero-order chi connectivity index (χ0) is 12.8. The van der Waals surface area contributed by atoms with E-state index in [0.717, 1.165) is 5.56 Å². The maximum atomic E-state index is 11.6. The monoisotopic (exact) mass is 244 g/mol. The number of carbonyl (C=O) groups excluding carboxylic acids is 1. The molecule has 5 heteroatoms. The average Bonchev–Trinajstić information content (AvgIpc) is 2.40. The molecule has 2 rings (SSSR count). The van der Waals surface area contributed by atoms with E-state index in [4.69, 9.17) is 4.84 Å². The summed E-state index contributed by atoms with van der Waals surface area (Å²) in [5.74, 6) is -0.651. The average molecular weight is 244 g/mol. The lowest BCUT2D eigenvalue weighted by Gasteiger charge is -2.13. The minimum atomic E-state index is -0.651. The molecule has 0 aliphatic heterocycles. The number of hydroxylamine groups is 2. The van der Waals surface area contributed by atoms with Crippen LogP contribution in [0.1, 0.15) is 15.9 Å². The highest BCUT2D eigenvalue weighted by molar-refractivity contribution is 5.88. The molecule has 0 bridgehead atoms. The van der Waals surface area contributed by atoms with Crippen LogP contribution in [0.4, 0.5) is 0 Å². The number of carbonyl (C=O) groups is 1. The summed E-state index contributed by atoms with van der Waals surface area (Å²) in [4.78, 5) is 20.1. The van der Waals surface area contributed by atoms with Crippen LogP contribution in [0.15, 0.2) is 54.9 Å². The van der Waals surface area contributed by atoms with Crippen molar-refractivity contribution in [2.45, 2.75) is 6.54 Å². The summed E-state index contributed by atoms with van der Waals surface area (Å²) in [6.45, 7) is 0.104. The van der Waals surface area contributed by atoms with Crippen molar-refractivity contribution < 1.29 is 14.8 Å². The number of hydrogen-bond donors (Lipinski definition) is 1. The summed E-state index contributed by atoms with van der Waals surface area (Å²) in [5, 5.41) is 10.0. The van der Waals surface area contributed by atoms with E-state index >= 15 is 0 Å². The maximum absolute atomic E-state index is 11.6. The summed E-state index contributed by atoms with van der Waals surface area (Å²) in [6, 6.07) is 12.4. The van der Waals surface area contributed by atoms with E-state index in [1.54, 1.807) is 18.3 Å². The molecule has 0 saturated heterocycles. The smallest absolute Gasteiger partial charge is 0.337 e. The van der Waals surface area contributed by atoms with Gasteiger partial charge in [0.25, 0.3) is 0 Å². The molecule has 2 aromatic rings. The van der Waals surface area contributed by atoms with E-state index in [0.29, 0.717) is 5.23 Å². The standard InChI is InChI=1S/C13H12N2O3/c16-13(12-7-4-8-14-9-12)18-15(17)10-11-5-2-1-3-6-11/h1-9,17H,10H2. The molecule has 0 spiro atoms. The van der Waals surface area contributed by atoms with E-state index < -0.39 is 5.97 Å². The first-order valence-electron chi connectivity index (χ1n) is 5.38. The second-order valence-electron chi connectivity index (χ2n) is 3.62. The first-order valence-corrected chi connectivity index (χ1v) is 5.38. The Morgan fingerprint density at radius 2 is 2.00 bits per heavy atom. The maximum Gasteiger partial charge on any atom is 0.360 e. The minimum Gasteiger partial charge on any atom is -0.337 e. The van der Waals surface area contributed by atoms with Crippen LogP contribution < -0.4 is 0 Å². The van der Waals surface area contributed by atoms with Crippen LogP contribution in [0, 0.1) is 0 Å². The van der Waals surface area contributed by atoms with Crippen LogP contribution in [0.25, 0.3) is 0 Å². The molecule has 0 atom stereocenters. The molecule has 0 aliphatic carbocycles. The highest BCUT2D eigenvalue weighted by atomic mass is 16.9. The van der Waals surface area contributed by atoms with Crippen LogP contribution >= 0.6 is 0 Å². The van der Waals surface area contributed by atoms with E-state index in [9.17, 15) is 10.0 Å². The van der Waals surface area contributed by atoms with E-state index in [1.165, 1.54) is 6.20 Å². The summed E-state index contributed by atoms with van der Waals surface area (Å²) >= 11 is 0. The number of aromatic nitrogens is 1. The number of pyridine rings is 1. The van der Waals surface area contributed by atoms with Gasteiger partial charge in [0, 0.05) is 12.4 Å². The van der Waals surface area contributed by atoms with Crippen LogP contribution in [0.5, 0.6) is 0 Å². The Hall–Kier alpha value is -2.24. The quantitative estimate of drug-likeness (QED) is 0.834. The number of nitrogens with zero attached hydrogens (tertiary/aromatic N) is 2. The predicted molar refractivity (Wildman–Crippen MR) is 63.4 cm³/mol. The van der Waals surface area contributed by atoms with Gasteiger partial charge in [-0.25, -0.2) is 4.79 Å². The third-order valence-electron chi connectivity index (χ3n) is 2.25. The number of rotatable bonds is 4. The molecule has 1 aromatic heterocycles. The Bertz CT molecular complexity index is 502. The lowest BCUT2D eigenvalue weighted by Crippen LogP contribution is -2.23. The van der Waals surface area contributed by atoms with E-state index in [-0.39, 0.29) is 12.1 Å². The van der Waals surface area contributed by atoms with Gasteiger partial charge in [0.2, 0.25) is 0 Å². The van der Waals surface area contributed by atoms with E-state index in [1.807, 2.05) is 30.3 Å². The van der Waals surface area contributed by atoms with Crippen molar-refractivity contribution in [1.82, 2.24) is 10.2 Å². The molecule has 5 nitrogen and oxygen atoms in total. The zero-order valence-corrected chi connectivity index (χ0v) is 9.56. The summed E-state index contributed by atoms with van der Waals surface area (Å²) in [7, 11) is 0. The molecule has 1 N–H and O–H groups in total. The molecule has 0 saturated carbocycles. The van der Waals surface area contributed by atoms with Crippen LogP contribution in [0.2, 0.25) is 0 Å². The second-order valence-corrected chi connectivity index (χ2v) is 3.62. The largest absolute Gasteiger partial charge is 0.360 e. The molecular weight excluding hydrogens is 232 g/mol. The number of hydrogen-bond acceptors (Lipinski definition) is 5. The van der Waals surface area contributed by atoms with Crippen molar-refractivity contribution >= 4 is 5.97 Å². The Labute approximate surface area is 104 Å². The zero-order valence-electron chi connectivity index (χ0n) is 9.56.